The van der Waals surface area contributed by atoms with Crippen molar-refractivity contribution in [3.05, 3.63) is 35.4 Å². The number of carbonyl (C=O) groups is 1. The monoisotopic (exact) mass is 257 g/mol. The number of Topliss-reactive ketones (excluding diaryl/α,β-unsaturated/α-hetero) is 1. The molecule has 19 heavy (non-hydrogen) atoms. The molecule has 0 spiro atoms. The highest BCUT2D eigenvalue weighted by atomic mass is 16.1. The Morgan fingerprint density at radius 3 is 2.63 bits per heavy atom. The molecule has 1 saturated carbocycles. The van der Waals surface area contributed by atoms with Gasteiger partial charge in [0.05, 0.1) is 6.04 Å². The molecule has 0 amide bonds. The summed E-state index contributed by atoms with van der Waals surface area (Å²) in [7, 11) is 0. The summed E-state index contributed by atoms with van der Waals surface area (Å²) in [6, 6.07) is 8.52. The average molecular weight is 257 g/mol. The Hall–Kier alpha value is -1.15. The number of benzene rings is 1. The molecule has 1 heterocycles. The van der Waals surface area contributed by atoms with Crippen molar-refractivity contribution in [3.63, 3.8) is 0 Å². The molecule has 2 heteroatoms. The van der Waals surface area contributed by atoms with Crippen molar-refractivity contribution >= 4 is 5.78 Å². The van der Waals surface area contributed by atoms with Crippen LogP contribution in [0.4, 0.5) is 0 Å². The van der Waals surface area contributed by atoms with Gasteiger partial charge in [-0.3, -0.25) is 4.79 Å². The zero-order valence-corrected chi connectivity index (χ0v) is 11.5. The lowest BCUT2D eigenvalue weighted by Crippen LogP contribution is -2.42. The van der Waals surface area contributed by atoms with Gasteiger partial charge in [0.15, 0.2) is 0 Å². The molecule has 102 valence electrons. The van der Waals surface area contributed by atoms with E-state index in [1.54, 1.807) is 0 Å². The molecule has 1 atom stereocenters. The Morgan fingerprint density at radius 1 is 1.11 bits per heavy atom. The molecule has 3 rings (SSSR count). The first kappa shape index (κ1) is 12.9. The van der Waals surface area contributed by atoms with E-state index in [0.717, 1.165) is 19.4 Å². The van der Waals surface area contributed by atoms with Crippen LogP contribution in [0.1, 0.15) is 49.7 Å². The summed E-state index contributed by atoms with van der Waals surface area (Å²) in [6.45, 7) is 0.844. The van der Waals surface area contributed by atoms with Crippen LogP contribution in [0.5, 0.6) is 0 Å². The molecular weight excluding hydrogens is 234 g/mol. The van der Waals surface area contributed by atoms with Crippen LogP contribution in [0, 0.1) is 5.92 Å². The Kier molecular flexibility index (Phi) is 3.97. The van der Waals surface area contributed by atoms with Crippen LogP contribution in [0.15, 0.2) is 24.3 Å². The SMILES string of the molecule is O=C(CC1CCCCC1)C1Cc2ccccc2CN1. The largest absolute Gasteiger partial charge is 0.303 e. The molecule has 2 nitrogen and oxygen atoms in total. The van der Waals surface area contributed by atoms with Gasteiger partial charge in [-0.1, -0.05) is 56.4 Å². The van der Waals surface area contributed by atoms with E-state index in [9.17, 15) is 4.79 Å². The number of rotatable bonds is 3. The molecule has 1 aromatic carbocycles. The van der Waals surface area contributed by atoms with Gasteiger partial charge in [0.2, 0.25) is 0 Å². The van der Waals surface area contributed by atoms with E-state index in [4.69, 9.17) is 0 Å². The normalized spacial score (nSPS) is 23.9. The average Bonchev–Trinajstić information content (AvgIpc) is 2.48. The van der Waals surface area contributed by atoms with Crippen LogP contribution >= 0.6 is 0 Å². The predicted octanol–water partition coefficient (Wildman–Crippen LogP) is 3.24. The van der Waals surface area contributed by atoms with E-state index in [-0.39, 0.29) is 6.04 Å². The lowest BCUT2D eigenvalue weighted by molar-refractivity contribution is -0.122. The van der Waals surface area contributed by atoms with Crippen LogP contribution in [0.25, 0.3) is 0 Å². The van der Waals surface area contributed by atoms with Gasteiger partial charge in [-0.2, -0.15) is 0 Å². The number of ketones is 1. The third-order valence-corrected chi connectivity index (χ3v) is 4.68. The van der Waals surface area contributed by atoms with Crippen molar-refractivity contribution in [1.29, 1.82) is 0 Å². The molecule has 0 aromatic heterocycles. The molecule has 1 aliphatic heterocycles. The minimum atomic E-state index is 0.0526. The Bertz CT molecular complexity index is 448. The van der Waals surface area contributed by atoms with Gasteiger partial charge in [-0.05, 0) is 23.5 Å². The van der Waals surface area contributed by atoms with E-state index in [0.29, 0.717) is 11.7 Å². The maximum atomic E-state index is 12.4. The lowest BCUT2D eigenvalue weighted by atomic mass is 9.83. The van der Waals surface area contributed by atoms with Crippen LogP contribution < -0.4 is 5.32 Å². The summed E-state index contributed by atoms with van der Waals surface area (Å²) in [5, 5.41) is 3.42. The van der Waals surface area contributed by atoms with E-state index in [1.165, 1.54) is 43.2 Å². The second-order valence-electron chi connectivity index (χ2n) is 6.08. The van der Waals surface area contributed by atoms with E-state index in [2.05, 4.69) is 29.6 Å². The molecule has 1 aromatic rings. The Labute approximate surface area is 115 Å². The first-order valence-corrected chi connectivity index (χ1v) is 7.66. The standard InChI is InChI=1S/C17H23NO/c19-17(10-13-6-2-1-3-7-13)16-11-14-8-4-5-9-15(14)12-18-16/h4-5,8-9,13,16,18H,1-3,6-7,10-12H2. The van der Waals surface area contributed by atoms with Crippen LogP contribution in [-0.4, -0.2) is 11.8 Å². The van der Waals surface area contributed by atoms with Crippen molar-refractivity contribution in [2.75, 3.05) is 0 Å². The molecule has 1 fully saturated rings. The van der Waals surface area contributed by atoms with Gasteiger partial charge >= 0.3 is 0 Å². The summed E-state index contributed by atoms with van der Waals surface area (Å²) >= 11 is 0. The third-order valence-electron chi connectivity index (χ3n) is 4.68. The van der Waals surface area contributed by atoms with Crippen molar-refractivity contribution < 1.29 is 4.79 Å². The molecule has 0 saturated heterocycles. The Balaban J connectivity index is 1.59. The minimum Gasteiger partial charge on any atom is -0.303 e. The van der Waals surface area contributed by atoms with Gasteiger partial charge in [0.1, 0.15) is 5.78 Å². The van der Waals surface area contributed by atoms with E-state index in [1.807, 2.05) is 0 Å². The highest BCUT2D eigenvalue weighted by Gasteiger charge is 2.26. The maximum Gasteiger partial charge on any atom is 0.150 e. The highest BCUT2D eigenvalue weighted by molar-refractivity contribution is 5.84. The summed E-state index contributed by atoms with van der Waals surface area (Å²) < 4.78 is 0. The molecule has 1 aliphatic carbocycles. The fourth-order valence-corrected chi connectivity index (χ4v) is 3.50. The minimum absolute atomic E-state index is 0.0526. The first-order valence-electron chi connectivity index (χ1n) is 7.66. The number of hydrogen-bond donors (Lipinski definition) is 1. The smallest absolute Gasteiger partial charge is 0.150 e. The van der Waals surface area contributed by atoms with Gasteiger partial charge < -0.3 is 5.32 Å². The molecule has 0 radical (unpaired) electrons. The number of carbonyl (C=O) groups excluding carboxylic acids is 1. The van der Waals surface area contributed by atoms with Crippen molar-refractivity contribution in [1.82, 2.24) is 5.32 Å². The second-order valence-corrected chi connectivity index (χ2v) is 6.08. The first-order chi connectivity index (χ1) is 9.33. The molecule has 1 N–H and O–H groups in total. The van der Waals surface area contributed by atoms with Gasteiger partial charge in [0.25, 0.3) is 0 Å². The number of fused-ring (bicyclic) bond motifs is 1. The lowest BCUT2D eigenvalue weighted by Gasteiger charge is -2.27. The summed E-state index contributed by atoms with van der Waals surface area (Å²) in [4.78, 5) is 12.4. The summed E-state index contributed by atoms with van der Waals surface area (Å²) in [5.74, 6) is 1.08. The van der Waals surface area contributed by atoms with Crippen LogP contribution in [0.2, 0.25) is 0 Å². The zero-order chi connectivity index (χ0) is 13.1. The van der Waals surface area contributed by atoms with Crippen molar-refractivity contribution in [2.24, 2.45) is 5.92 Å². The molecule has 0 bridgehead atoms. The Morgan fingerprint density at radius 2 is 1.84 bits per heavy atom. The maximum absolute atomic E-state index is 12.4. The van der Waals surface area contributed by atoms with Gasteiger partial charge in [-0.25, -0.2) is 0 Å². The molecule has 2 aliphatic rings. The fraction of sp³-hybridized carbons (Fsp3) is 0.588. The molecular formula is C17H23NO. The van der Waals surface area contributed by atoms with Crippen LogP contribution in [-0.2, 0) is 17.8 Å². The topological polar surface area (TPSA) is 29.1 Å². The predicted molar refractivity (Wildman–Crippen MR) is 77.0 cm³/mol. The van der Waals surface area contributed by atoms with Gasteiger partial charge in [-0.15, -0.1) is 0 Å². The van der Waals surface area contributed by atoms with E-state index < -0.39 is 0 Å². The zero-order valence-electron chi connectivity index (χ0n) is 11.5. The summed E-state index contributed by atoms with van der Waals surface area (Å²) in [6.07, 6.45) is 8.18. The third kappa shape index (κ3) is 3.06. The van der Waals surface area contributed by atoms with Crippen LogP contribution in [0.3, 0.4) is 0 Å². The highest BCUT2D eigenvalue weighted by Crippen LogP contribution is 2.27. The number of nitrogens with one attached hydrogen (secondary N) is 1. The van der Waals surface area contributed by atoms with Crippen molar-refractivity contribution in [2.45, 2.75) is 57.5 Å². The van der Waals surface area contributed by atoms with Crippen molar-refractivity contribution in [3.8, 4) is 0 Å². The summed E-state index contributed by atoms with van der Waals surface area (Å²) in [5.41, 5.74) is 2.70. The molecule has 1 unspecified atom stereocenters. The van der Waals surface area contributed by atoms with Gasteiger partial charge in [0, 0.05) is 13.0 Å². The number of hydrogen-bond acceptors (Lipinski definition) is 2. The second kappa shape index (κ2) is 5.87. The quantitative estimate of drug-likeness (QED) is 0.900. The fourth-order valence-electron chi connectivity index (χ4n) is 3.50. The van der Waals surface area contributed by atoms with E-state index >= 15 is 0 Å².